The molecule has 0 aliphatic heterocycles. The first kappa shape index (κ1) is 26.0. The molecule has 0 fully saturated rings. The maximum Gasteiger partial charge on any atom is 0.0544 e. The highest BCUT2D eigenvalue weighted by molar-refractivity contribution is 6.11. The minimum atomic E-state index is -0.0387. The number of allylic oxidation sites excluding steroid dienone is 4. The van der Waals surface area contributed by atoms with Crippen LogP contribution in [-0.4, -0.2) is 4.57 Å². The molecule has 0 amide bonds. The number of para-hydroxylation sites is 1. The van der Waals surface area contributed by atoms with Crippen LogP contribution >= 0.6 is 0 Å². The molecule has 1 nitrogen and oxygen atoms in total. The van der Waals surface area contributed by atoms with Crippen molar-refractivity contribution < 1.29 is 0 Å². The smallest absolute Gasteiger partial charge is 0.0544 e. The minimum Gasteiger partial charge on any atom is -0.309 e. The molecule has 204 valence electrons. The Kier molecular flexibility index (Phi) is 6.32. The zero-order chi connectivity index (χ0) is 28.8. The van der Waals surface area contributed by atoms with E-state index in [0.717, 1.165) is 29.6 Å². The third-order valence-electron chi connectivity index (χ3n) is 8.95. The van der Waals surface area contributed by atoms with Crippen molar-refractivity contribution in [2.24, 2.45) is 0 Å². The Bertz CT molecular complexity index is 2020. The van der Waals surface area contributed by atoms with Crippen LogP contribution in [0.15, 0.2) is 146 Å². The van der Waals surface area contributed by atoms with Gasteiger partial charge in [0.15, 0.2) is 0 Å². The van der Waals surface area contributed by atoms with Gasteiger partial charge < -0.3 is 4.57 Å². The van der Waals surface area contributed by atoms with Crippen LogP contribution in [0.2, 0.25) is 0 Å². The predicted octanol–water partition coefficient (Wildman–Crippen LogP) is 10.8. The van der Waals surface area contributed by atoms with Crippen LogP contribution in [0, 0.1) is 0 Å². The number of nitrogens with zero attached hydrogens (tertiary/aromatic N) is 1. The van der Waals surface area contributed by atoms with Crippen LogP contribution in [0.3, 0.4) is 0 Å². The molecule has 0 N–H and O–H groups in total. The molecule has 7 rings (SSSR count). The Morgan fingerprint density at radius 1 is 0.667 bits per heavy atom. The van der Waals surface area contributed by atoms with Crippen molar-refractivity contribution in [1.29, 1.82) is 0 Å². The zero-order valence-electron chi connectivity index (χ0n) is 24.4. The van der Waals surface area contributed by atoms with Crippen LogP contribution in [0.25, 0.3) is 44.2 Å². The molecule has 0 spiro atoms. The fourth-order valence-electron chi connectivity index (χ4n) is 6.63. The average Bonchev–Trinajstić information content (AvgIpc) is 3.46. The van der Waals surface area contributed by atoms with Gasteiger partial charge in [-0.05, 0) is 88.2 Å². The van der Waals surface area contributed by atoms with E-state index >= 15 is 0 Å². The summed E-state index contributed by atoms with van der Waals surface area (Å²) in [5, 5.41) is 2.61. The predicted molar refractivity (Wildman–Crippen MR) is 180 cm³/mol. The Labute approximate surface area is 248 Å². The molecular weight excluding hydrogens is 506 g/mol. The Morgan fingerprint density at radius 2 is 1.36 bits per heavy atom. The van der Waals surface area contributed by atoms with E-state index in [0.29, 0.717) is 0 Å². The van der Waals surface area contributed by atoms with Gasteiger partial charge in [-0.3, -0.25) is 0 Å². The molecule has 5 aromatic carbocycles. The highest BCUT2D eigenvalue weighted by atomic mass is 15.0. The molecule has 6 aromatic rings. The van der Waals surface area contributed by atoms with Crippen molar-refractivity contribution in [3.05, 3.63) is 168 Å². The molecule has 1 aliphatic carbocycles. The second-order valence-electron chi connectivity index (χ2n) is 12.0. The lowest BCUT2D eigenvalue weighted by atomic mass is 9.82. The van der Waals surface area contributed by atoms with E-state index in [1.807, 2.05) is 18.2 Å². The van der Waals surface area contributed by atoms with E-state index in [9.17, 15) is 0 Å². The van der Waals surface area contributed by atoms with Crippen molar-refractivity contribution in [3.63, 3.8) is 0 Å². The molecule has 0 atom stereocenters. The summed E-state index contributed by atoms with van der Waals surface area (Å²) in [5.41, 5.74) is 13.8. The van der Waals surface area contributed by atoms with Crippen LogP contribution < -0.4 is 0 Å². The molecule has 0 unspecified atom stereocenters. The first-order valence-electron chi connectivity index (χ1n) is 14.8. The summed E-state index contributed by atoms with van der Waals surface area (Å²) in [4.78, 5) is 0. The van der Waals surface area contributed by atoms with E-state index in [1.165, 1.54) is 55.3 Å². The fraction of sp³-hybridized carbons (Fsp3) is 0.122. The third-order valence-corrected chi connectivity index (χ3v) is 8.95. The summed E-state index contributed by atoms with van der Waals surface area (Å²) in [7, 11) is 0. The molecule has 1 heterocycles. The normalized spacial score (nSPS) is 13.5. The molecule has 0 radical (unpaired) electrons. The van der Waals surface area contributed by atoms with Crippen LogP contribution in [0.5, 0.6) is 0 Å². The molecule has 0 saturated carbocycles. The molecule has 42 heavy (non-hydrogen) atoms. The molecule has 1 aromatic heterocycles. The lowest BCUT2D eigenvalue weighted by Gasteiger charge is -2.21. The monoisotopic (exact) mass is 541 g/mol. The van der Waals surface area contributed by atoms with E-state index in [2.05, 4.69) is 141 Å². The van der Waals surface area contributed by atoms with E-state index in [4.69, 9.17) is 0 Å². The first-order chi connectivity index (χ1) is 20.4. The SMILES string of the molecule is C=C(/C=C\C(=C)c1ccccc1)CCc1ccc2c(c1)c1cc3c(cc1n2-c1ccccc1)C(C)(C)c1ccccc1-3. The summed E-state index contributed by atoms with van der Waals surface area (Å²) in [6.07, 6.45) is 6.03. The summed E-state index contributed by atoms with van der Waals surface area (Å²) in [6, 6.07) is 41.8. The minimum absolute atomic E-state index is 0.0387. The van der Waals surface area contributed by atoms with Gasteiger partial charge in [0.2, 0.25) is 0 Å². The fourth-order valence-corrected chi connectivity index (χ4v) is 6.63. The van der Waals surface area contributed by atoms with Gasteiger partial charge >= 0.3 is 0 Å². The van der Waals surface area contributed by atoms with Crippen LogP contribution in [0.1, 0.15) is 42.5 Å². The van der Waals surface area contributed by atoms with Crippen molar-refractivity contribution in [2.45, 2.75) is 32.1 Å². The maximum atomic E-state index is 4.33. The standard InChI is InChI=1S/C41H35N/c1-28(19-21-29(2)31-13-7-5-8-14-31)20-22-30-23-24-39-35(25-30)36-26-34-33-17-11-12-18-37(33)41(3,4)38(34)27-40(36)42(39)32-15-9-6-10-16-32/h5-19,21,23-27H,1-2,20,22H2,3-4H3/b21-19-. The lowest BCUT2D eigenvalue weighted by molar-refractivity contribution is 0.661. The second-order valence-corrected chi connectivity index (χ2v) is 12.0. The molecule has 0 saturated heterocycles. The number of rotatable bonds is 7. The van der Waals surface area contributed by atoms with Gasteiger partial charge in [-0.15, -0.1) is 0 Å². The van der Waals surface area contributed by atoms with Gasteiger partial charge in [-0.2, -0.15) is 0 Å². The largest absolute Gasteiger partial charge is 0.309 e. The van der Waals surface area contributed by atoms with E-state index in [-0.39, 0.29) is 5.41 Å². The number of aromatic nitrogens is 1. The van der Waals surface area contributed by atoms with Crippen LogP contribution in [0.4, 0.5) is 0 Å². The van der Waals surface area contributed by atoms with Gasteiger partial charge in [0.25, 0.3) is 0 Å². The quantitative estimate of drug-likeness (QED) is 0.177. The Balaban J connectivity index is 1.28. The van der Waals surface area contributed by atoms with Crippen molar-refractivity contribution in [2.75, 3.05) is 0 Å². The number of hydrogen-bond acceptors (Lipinski definition) is 0. The highest BCUT2D eigenvalue weighted by Crippen LogP contribution is 2.51. The van der Waals surface area contributed by atoms with E-state index < -0.39 is 0 Å². The van der Waals surface area contributed by atoms with Gasteiger partial charge in [-0.1, -0.05) is 124 Å². The lowest BCUT2D eigenvalue weighted by Crippen LogP contribution is -2.14. The average molecular weight is 542 g/mol. The van der Waals surface area contributed by atoms with Crippen molar-refractivity contribution in [1.82, 2.24) is 4.57 Å². The molecule has 1 aliphatic rings. The maximum absolute atomic E-state index is 4.33. The summed E-state index contributed by atoms with van der Waals surface area (Å²) in [6.45, 7) is 13.3. The number of fused-ring (bicyclic) bond motifs is 6. The highest BCUT2D eigenvalue weighted by Gasteiger charge is 2.36. The number of hydrogen-bond donors (Lipinski definition) is 0. The molecular formula is C41H35N. The number of benzene rings is 5. The van der Waals surface area contributed by atoms with Gasteiger partial charge in [0, 0.05) is 21.9 Å². The number of aryl methyl sites for hydroxylation is 1. The second kappa shape index (κ2) is 10.2. The van der Waals surface area contributed by atoms with E-state index in [1.54, 1.807) is 0 Å². The van der Waals surface area contributed by atoms with Gasteiger partial charge in [-0.25, -0.2) is 0 Å². The summed E-state index contributed by atoms with van der Waals surface area (Å²) in [5.74, 6) is 0. The first-order valence-corrected chi connectivity index (χ1v) is 14.8. The summed E-state index contributed by atoms with van der Waals surface area (Å²) >= 11 is 0. The summed E-state index contributed by atoms with van der Waals surface area (Å²) < 4.78 is 2.44. The van der Waals surface area contributed by atoms with Gasteiger partial charge in [0.1, 0.15) is 0 Å². The van der Waals surface area contributed by atoms with Crippen molar-refractivity contribution >= 4 is 27.4 Å². The third kappa shape index (κ3) is 4.33. The Hall–Kier alpha value is -4.88. The van der Waals surface area contributed by atoms with Crippen LogP contribution in [-0.2, 0) is 11.8 Å². The zero-order valence-corrected chi connectivity index (χ0v) is 24.4. The topological polar surface area (TPSA) is 4.93 Å². The van der Waals surface area contributed by atoms with Gasteiger partial charge in [0.05, 0.1) is 11.0 Å². The molecule has 1 heteroatoms. The molecule has 0 bridgehead atoms. The van der Waals surface area contributed by atoms with Crippen molar-refractivity contribution in [3.8, 4) is 16.8 Å². The Morgan fingerprint density at radius 3 is 2.14 bits per heavy atom.